The quantitative estimate of drug-likeness (QED) is 0.0167. The Bertz CT molecular complexity index is 3070. The molecular weight excluding hydrogens is 1190 g/mol. The predicted molar refractivity (Wildman–Crippen MR) is 362 cm³/mol. The average molecular weight is 1290 g/mol. The molecule has 16 nitrogen and oxygen atoms in total. The Morgan fingerprint density at radius 3 is 1.35 bits per heavy atom. The molecule has 0 aliphatic carbocycles. The second-order valence-electron chi connectivity index (χ2n) is 24.1. The molecule has 0 unspecified atom stereocenters. The Labute approximate surface area is 556 Å². The first-order valence-electron chi connectivity index (χ1n) is 34.2. The van der Waals surface area contributed by atoms with Gasteiger partial charge in [0.05, 0.1) is 40.5 Å². The molecule has 0 radical (unpaired) electrons. The summed E-state index contributed by atoms with van der Waals surface area (Å²) in [5.41, 5.74) is 1.95. The first-order chi connectivity index (χ1) is 45.8. The van der Waals surface area contributed by atoms with E-state index >= 15 is 0 Å². The molecule has 16 heteroatoms. The highest BCUT2D eigenvalue weighted by Gasteiger charge is 2.54. The van der Waals surface area contributed by atoms with Gasteiger partial charge in [0.25, 0.3) is 5.91 Å². The second kappa shape index (κ2) is 43.6. The summed E-state index contributed by atoms with van der Waals surface area (Å²) in [6.45, 7) is 6.58. The lowest BCUT2D eigenvalue weighted by Gasteiger charge is -2.44. The van der Waals surface area contributed by atoms with Gasteiger partial charge in [-0.15, -0.1) is 0 Å². The molecule has 0 spiro atoms. The summed E-state index contributed by atoms with van der Waals surface area (Å²) >= 11 is 0. The van der Waals surface area contributed by atoms with Gasteiger partial charge in [-0.2, -0.15) is 0 Å². The van der Waals surface area contributed by atoms with Crippen LogP contribution in [-0.2, 0) is 47.5 Å². The van der Waals surface area contributed by atoms with E-state index in [1.807, 2.05) is 6.08 Å². The zero-order chi connectivity index (χ0) is 67.0. The van der Waals surface area contributed by atoms with E-state index in [-0.39, 0.29) is 34.2 Å². The van der Waals surface area contributed by atoms with Crippen molar-refractivity contribution in [2.24, 2.45) is 0 Å². The molecule has 1 fully saturated rings. The monoisotopic (exact) mass is 1290 g/mol. The Balaban J connectivity index is 1.39. The molecule has 1 saturated heterocycles. The maximum Gasteiger partial charge on any atom is 0.338 e. The molecule has 0 bridgehead atoms. The van der Waals surface area contributed by atoms with E-state index in [1.165, 1.54) is 132 Å². The number of rotatable bonds is 43. The fourth-order valence-electron chi connectivity index (χ4n) is 11.1. The molecule has 5 aromatic carbocycles. The zero-order valence-electron chi connectivity index (χ0n) is 55.6. The van der Waals surface area contributed by atoms with E-state index in [9.17, 15) is 33.6 Å². The van der Waals surface area contributed by atoms with E-state index in [2.05, 4.69) is 32.2 Å². The fourth-order valence-corrected chi connectivity index (χ4v) is 11.1. The SMILES string of the molecule is CCCCCCCCCCCCCC[C@@H](OC(C)=O)C(=O)N[C@@H](CO[C@@H]1O[C@H](COC(=O)c2ccccc2)[C@@H](OC(=O)c2ccccc2)[C@H](OC(=O)c2ccccc2)[C@H]1OC(=O)c1ccccc1)[C@@H](/C=C/CC/C=C(\C)CCCCCCCCC)OC(=O)c1ccccc1. The third-order valence-corrected chi connectivity index (χ3v) is 16.4. The summed E-state index contributed by atoms with van der Waals surface area (Å²) in [6, 6.07) is 39.2. The molecule has 1 aliphatic rings. The highest BCUT2D eigenvalue weighted by atomic mass is 16.7. The van der Waals surface area contributed by atoms with Crippen LogP contribution >= 0.6 is 0 Å². The van der Waals surface area contributed by atoms with Crippen molar-refractivity contribution in [3.63, 3.8) is 0 Å². The van der Waals surface area contributed by atoms with Crippen molar-refractivity contribution < 1.29 is 71.5 Å². The van der Waals surface area contributed by atoms with Crippen molar-refractivity contribution in [1.82, 2.24) is 5.32 Å². The number of carbonyl (C=O) groups is 7. The van der Waals surface area contributed by atoms with E-state index in [0.717, 1.165) is 38.5 Å². The third kappa shape index (κ3) is 27.4. The second-order valence-corrected chi connectivity index (χ2v) is 24.1. The van der Waals surface area contributed by atoms with Crippen molar-refractivity contribution in [2.45, 2.75) is 224 Å². The van der Waals surface area contributed by atoms with Crippen LogP contribution in [0.1, 0.15) is 227 Å². The molecule has 1 N–H and O–H groups in total. The number of hydrogen-bond acceptors (Lipinski definition) is 15. The molecule has 94 heavy (non-hydrogen) atoms. The van der Waals surface area contributed by atoms with E-state index in [0.29, 0.717) is 19.3 Å². The van der Waals surface area contributed by atoms with Crippen molar-refractivity contribution in [3.8, 4) is 0 Å². The molecule has 1 aliphatic heterocycles. The summed E-state index contributed by atoms with van der Waals surface area (Å²) in [5, 5.41) is 3.02. The van der Waals surface area contributed by atoms with Crippen LogP contribution in [-0.4, -0.2) is 104 Å². The maximum atomic E-state index is 14.9. The van der Waals surface area contributed by atoms with Gasteiger partial charge in [-0.25, -0.2) is 24.0 Å². The van der Waals surface area contributed by atoms with Gasteiger partial charge < -0.3 is 43.2 Å². The van der Waals surface area contributed by atoms with Gasteiger partial charge in [0, 0.05) is 6.92 Å². The number of allylic oxidation sites excluding steroid dienone is 3. The van der Waals surface area contributed by atoms with Crippen LogP contribution in [0.25, 0.3) is 0 Å². The summed E-state index contributed by atoms with van der Waals surface area (Å²) in [7, 11) is 0. The average Bonchev–Trinajstić information content (AvgIpc) is 0.790. The molecule has 5 aromatic rings. The molecule has 1 amide bonds. The van der Waals surface area contributed by atoms with E-state index in [4.69, 9.17) is 37.9 Å². The number of unbranched alkanes of at least 4 members (excludes halogenated alkanes) is 18. The number of hydrogen-bond donors (Lipinski definition) is 1. The molecule has 8 atom stereocenters. The minimum atomic E-state index is -1.79. The lowest BCUT2D eigenvalue weighted by molar-refractivity contribution is -0.300. The van der Waals surface area contributed by atoms with Gasteiger partial charge in [-0.1, -0.05) is 232 Å². The van der Waals surface area contributed by atoms with E-state index < -0.39 is 104 Å². The minimum absolute atomic E-state index is 0.0850. The van der Waals surface area contributed by atoms with Crippen LogP contribution < -0.4 is 5.32 Å². The maximum absolute atomic E-state index is 14.9. The highest BCUT2D eigenvalue weighted by molar-refractivity contribution is 5.92. The Hall–Kier alpha value is -8.21. The Kier molecular flexibility index (Phi) is 34.7. The third-order valence-electron chi connectivity index (χ3n) is 16.4. The normalized spacial score (nSPS) is 17.2. The van der Waals surface area contributed by atoms with Crippen LogP contribution in [0.2, 0.25) is 0 Å². The Morgan fingerprint density at radius 2 is 0.883 bits per heavy atom. The fraction of sp³-hybridized carbons (Fsp3) is 0.474. The molecule has 1 heterocycles. The molecule has 0 aromatic heterocycles. The summed E-state index contributed by atoms with van der Waals surface area (Å²) in [6.07, 6.45) is 18.5. The molecule has 6 rings (SSSR count). The number of nitrogens with one attached hydrogen (secondary N) is 1. The topological polar surface area (TPSA) is 205 Å². The molecule has 0 saturated carbocycles. The largest absolute Gasteiger partial charge is 0.459 e. The number of amides is 1. The summed E-state index contributed by atoms with van der Waals surface area (Å²) < 4.78 is 50.5. The van der Waals surface area contributed by atoms with Gasteiger partial charge in [0.1, 0.15) is 18.8 Å². The van der Waals surface area contributed by atoms with Crippen LogP contribution in [0, 0.1) is 0 Å². The van der Waals surface area contributed by atoms with Crippen LogP contribution in [0.5, 0.6) is 0 Å². The highest BCUT2D eigenvalue weighted by Crippen LogP contribution is 2.33. The number of carbonyl (C=O) groups excluding carboxylic acids is 7. The van der Waals surface area contributed by atoms with Crippen LogP contribution in [0.3, 0.4) is 0 Å². The van der Waals surface area contributed by atoms with Crippen LogP contribution in [0.4, 0.5) is 0 Å². The van der Waals surface area contributed by atoms with Crippen molar-refractivity contribution >= 4 is 41.7 Å². The predicted octanol–water partition coefficient (Wildman–Crippen LogP) is 16.4. The smallest absolute Gasteiger partial charge is 0.338 e. The standard InChI is InChI=1S/C78H99NO15/c1-5-7-9-11-13-14-15-16-17-19-21-40-55-67(89-59(4)80)72(81)79-65(66(90-74(83)61-46-32-24-33-47-61)54-41-22-29-43-58(3)42-28-20-18-12-10-8-6-2)56-88-78-71(94-77(86)64-52-38-27-39-53-64)70(93-76(85)63-50-36-26-37-51-63)69(92-75(84)62-48-34-25-35-49-62)68(91-78)57-87-73(82)60-44-30-23-31-45-60/h23-27,30-39,41,43-54,65-71,78H,5-22,28-29,40,42,55-57H2,1-4H3,(H,79,81)/b54-41+,58-43+/t65-,66+,67+,68+,69+,70-,71+,78+/m0/s1. The van der Waals surface area contributed by atoms with Gasteiger partial charge in [-0.3, -0.25) is 9.59 Å². The van der Waals surface area contributed by atoms with Gasteiger partial charge in [0.2, 0.25) is 0 Å². The van der Waals surface area contributed by atoms with Crippen molar-refractivity contribution in [3.05, 3.63) is 203 Å². The van der Waals surface area contributed by atoms with Crippen molar-refractivity contribution in [1.29, 1.82) is 0 Å². The minimum Gasteiger partial charge on any atom is -0.459 e. The van der Waals surface area contributed by atoms with Crippen LogP contribution in [0.15, 0.2) is 175 Å². The van der Waals surface area contributed by atoms with E-state index in [1.54, 1.807) is 121 Å². The van der Waals surface area contributed by atoms with Gasteiger partial charge in [-0.05, 0) is 112 Å². The lowest BCUT2D eigenvalue weighted by Crippen LogP contribution is -2.63. The molecule has 506 valence electrons. The van der Waals surface area contributed by atoms with Gasteiger partial charge in [0.15, 0.2) is 30.7 Å². The van der Waals surface area contributed by atoms with Gasteiger partial charge >= 0.3 is 35.8 Å². The zero-order valence-corrected chi connectivity index (χ0v) is 55.6. The number of benzene rings is 5. The number of ether oxygens (including phenoxy) is 8. The Morgan fingerprint density at radius 1 is 0.468 bits per heavy atom. The first kappa shape index (κ1) is 74.8. The summed E-state index contributed by atoms with van der Waals surface area (Å²) in [4.78, 5) is 99.2. The molecular formula is C78H99NO15. The lowest BCUT2D eigenvalue weighted by atomic mass is 9.97. The van der Waals surface area contributed by atoms with Crippen molar-refractivity contribution in [2.75, 3.05) is 13.2 Å². The number of esters is 6. The first-order valence-corrected chi connectivity index (χ1v) is 34.2. The summed E-state index contributed by atoms with van der Waals surface area (Å²) in [5.74, 6) is -5.59.